The van der Waals surface area contributed by atoms with Gasteiger partial charge in [-0.3, -0.25) is 14.2 Å². The van der Waals surface area contributed by atoms with Gasteiger partial charge in [0.2, 0.25) is 0 Å². The van der Waals surface area contributed by atoms with Gasteiger partial charge in [-0.15, -0.1) is 0 Å². The average molecular weight is 362 g/mol. The zero-order valence-electron chi connectivity index (χ0n) is 15.8. The molecule has 0 spiro atoms. The number of rotatable bonds is 4. The van der Waals surface area contributed by atoms with Crippen molar-refractivity contribution in [2.75, 3.05) is 0 Å². The third-order valence-corrected chi connectivity index (χ3v) is 4.31. The van der Waals surface area contributed by atoms with E-state index < -0.39 is 0 Å². The lowest BCUT2D eigenvalue weighted by Gasteiger charge is -2.33. The summed E-state index contributed by atoms with van der Waals surface area (Å²) >= 11 is 5.23. The van der Waals surface area contributed by atoms with Crippen LogP contribution in [0.3, 0.4) is 0 Å². The van der Waals surface area contributed by atoms with E-state index >= 15 is 0 Å². The highest BCUT2D eigenvalue weighted by atomic mass is 32.1. The zero-order valence-corrected chi connectivity index (χ0v) is 16.6. The summed E-state index contributed by atoms with van der Waals surface area (Å²) in [7, 11) is 0. The van der Waals surface area contributed by atoms with Gasteiger partial charge in [0.15, 0.2) is 4.77 Å². The highest BCUT2D eigenvalue weighted by Crippen LogP contribution is 2.27. The first-order valence-corrected chi connectivity index (χ1v) is 8.94. The van der Waals surface area contributed by atoms with Gasteiger partial charge < -0.3 is 10.3 Å². The summed E-state index contributed by atoms with van der Waals surface area (Å²) in [6.45, 7) is 12.9. The Morgan fingerprint density at radius 2 is 1.88 bits per heavy atom. The summed E-state index contributed by atoms with van der Waals surface area (Å²) in [6, 6.07) is 5.05. The molecule has 0 fully saturated rings. The van der Waals surface area contributed by atoms with Gasteiger partial charge >= 0.3 is 0 Å². The molecule has 0 aliphatic carbocycles. The second-order valence-electron chi connectivity index (χ2n) is 8.32. The summed E-state index contributed by atoms with van der Waals surface area (Å²) in [4.78, 5) is 28.1. The van der Waals surface area contributed by atoms with E-state index in [1.807, 2.05) is 20.8 Å². The molecule has 0 radical (unpaired) electrons. The first-order chi connectivity index (χ1) is 11.4. The molecule has 1 amide bonds. The van der Waals surface area contributed by atoms with Crippen LogP contribution in [0, 0.1) is 10.2 Å². The van der Waals surface area contributed by atoms with Crippen LogP contribution >= 0.6 is 12.2 Å². The van der Waals surface area contributed by atoms with Crippen LogP contribution in [0.5, 0.6) is 0 Å². The molecular weight excluding hydrogens is 334 g/mol. The maximum atomic E-state index is 12.6. The number of amides is 1. The van der Waals surface area contributed by atoms with Crippen molar-refractivity contribution in [2.24, 2.45) is 5.41 Å². The van der Waals surface area contributed by atoms with Gasteiger partial charge in [0, 0.05) is 17.6 Å². The third kappa shape index (κ3) is 4.57. The minimum absolute atomic E-state index is 0.108. The first-order valence-electron chi connectivity index (χ1n) is 8.53. The lowest BCUT2D eigenvalue weighted by Crippen LogP contribution is -2.45. The first kappa shape index (κ1) is 19.4. The van der Waals surface area contributed by atoms with Gasteiger partial charge in [-0.25, -0.2) is 0 Å². The molecule has 1 aromatic heterocycles. The smallest absolute Gasteiger partial charge is 0.262 e. The molecule has 0 saturated carbocycles. The van der Waals surface area contributed by atoms with Gasteiger partial charge in [0.25, 0.3) is 11.5 Å². The van der Waals surface area contributed by atoms with E-state index in [0.717, 1.165) is 6.42 Å². The third-order valence-electron chi connectivity index (χ3n) is 3.98. The molecule has 0 bridgehead atoms. The van der Waals surface area contributed by atoms with Crippen LogP contribution in [-0.4, -0.2) is 21.0 Å². The van der Waals surface area contributed by atoms with Crippen LogP contribution in [0.2, 0.25) is 0 Å². The van der Waals surface area contributed by atoms with Crippen LogP contribution in [0.1, 0.15) is 58.3 Å². The van der Waals surface area contributed by atoms with Crippen molar-refractivity contribution in [1.29, 1.82) is 0 Å². The molecule has 2 rings (SSSR count). The largest absolute Gasteiger partial charge is 0.347 e. The number of fused-ring (bicyclic) bond motifs is 1. The molecule has 5 nitrogen and oxygen atoms in total. The number of hydrogen-bond donors (Lipinski definition) is 2. The number of nitrogens with zero attached hydrogens (tertiary/aromatic N) is 1. The van der Waals surface area contributed by atoms with Crippen LogP contribution in [0.4, 0.5) is 0 Å². The normalized spacial score (nSPS) is 12.4. The van der Waals surface area contributed by atoms with Crippen molar-refractivity contribution < 1.29 is 4.79 Å². The fraction of sp³-hybridized carbons (Fsp3) is 0.526. The molecule has 1 aromatic carbocycles. The second-order valence-corrected chi connectivity index (χ2v) is 8.70. The second kappa shape index (κ2) is 6.75. The number of H-pyrrole nitrogens is 1. The van der Waals surface area contributed by atoms with Crippen LogP contribution in [0.15, 0.2) is 23.0 Å². The number of carbonyl (C=O) groups excluding carboxylic acids is 1. The topological polar surface area (TPSA) is 66.9 Å². The Morgan fingerprint density at radius 3 is 2.44 bits per heavy atom. The van der Waals surface area contributed by atoms with Gasteiger partial charge in [-0.1, -0.05) is 20.8 Å². The predicted octanol–water partition coefficient (Wildman–Crippen LogP) is 4.02. The maximum Gasteiger partial charge on any atom is 0.262 e. The lowest BCUT2D eigenvalue weighted by molar-refractivity contribution is 0.0891. The number of aromatic nitrogens is 2. The highest BCUT2D eigenvalue weighted by Gasteiger charge is 2.27. The fourth-order valence-corrected chi connectivity index (χ4v) is 3.75. The molecule has 2 N–H and O–H groups in total. The summed E-state index contributed by atoms with van der Waals surface area (Å²) in [5.41, 5.74) is 0.732. The van der Waals surface area contributed by atoms with Crippen molar-refractivity contribution in [2.45, 2.75) is 60.0 Å². The molecule has 0 atom stereocenters. The molecular formula is C19H27N3O2S. The lowest BCUT2D eigenvalue weighted by atomic mass is 9.81. The molecule has 2 aromatic rings. The Bertz CT molecular complexity index is 917. The van der Waals surface area contributed by atoms with E-state index in [1.54, 1.807) is 18.2 Å². The van der Waals surface area contributed by atoms with Crippen molar-refractivity contribution in [3.05, 3.63) is 38.9 Å². The molecule has 1 heterocycles. The van der Waals surface area contributed by atoms with Crippen LogP contribution < -0.4 is 10.9 Å². The van der Waals surface area contributed by atoms with Crippen molar-refractivity contribution in [3.63, 3.8) is 0 Å². The average Bonchev–Trinajstić information content (AvgIpc) is 2.43. The van der Waals surface area contributed by atoms with Crippen molar-refractivity contribution in [1.82, 2.24) is 14.9 Å². The van der Waals surface area contributed by atoms with Crippen LogP contribution in [0.25, 0.3) is 10.9 Å². The Hall–Kier alpha value is -1.95. The standard InChI is InChI=1S/C19H27N3O2S/c1-7-22-16(24)13-9-8-12(10-14(13)20-17(22)25)15(23)21-19(5,6)11-18(2,3)4/h8-10H,7,11H2,1-6H3,(H,20,25)(H,21,23). The van der Waals surface area contributed by atoms with Gasteiger partial charge in [-0.05, 0) is 63.0 Å². The summed E-state index contributed by atoms with van der Waals surface area (Å²) in [6.07, 6.45) is 0.850. The molecule has 0 unspecified atom stereocenters. The highest BCUT2D eigenvalue weighted by molar-refractivity contribution is 7.71. The monoisotopic (exact) mass is 361 g/mol. The minimum atomic E-state index is -0.331. The number of aromatic amines is 1. The Labute approximate surface area is 153 Å². The van der Waals surface area contributed by atoms with E-state index in [9.17, 15) is 9.59 Å². The van der Waals surface area contributed by atoms with Crippen molar-refractivity contribution in [3.8, 4) is 0 Å². The van der Waals surface area contributed by atoms with E-state index in [-0.39, 0.29) is 22.4 Å². The predicted molar refractivity (Wildman–Crippen MR) is 105 cm³/mol. The number of hydrogen-bond acceptors (Lipinski definition) is 3. The molecule has 0 aliphatic rings. The molecule has 136 valence electrons. The Balaban J connectivity index is 2.37. The van der Waals surface area contributed by atoms with E-state index in [1.165, 1.54) is 4.57 Å². The molecule has 6 heteroatoms. The summed E-state index contributed by atoms with van der Waals surface area (Å²) in [5.74, 6) is -0.157. The summed E-state index contributed by atoms with van der Waals surface area (Å²) in [5, 5.41) is 3.61. The van der Waals surface area contributed by atoms with Gasteiger partial charge in [-0.2, -0.15) is 0 Å². The van der Waals surface area contributed by atoms with Gasteiger partial charge in [0.05, 0.1) is 10.9 Å². The Kier molecular flexibility index (Phi) is 5.23. The summed E-state index contributed by atoms with van der Waals surface area (Å²) < 4.78 is 1.87. The SMILES string of the molecule is CCn1c(=S)[nH]c2cc(C(=O)NC(C)(C)CC(C)(C)C)ccc2c1=O. The minimum Gasteiger partial charge on any atom is -0.347 e. The number of benzene rings is 1. The Morgan fingerprint density at radius 1 is 1.24 bits per heavy atom. The molecule has 0 saturated heterocycles. The number of carbonyl (C=O) groups is 1. The van der Waals surface area contributed by atoms with E-state index in [2.05, 4.69) is 31.1 Å². The van der Waals surface area contributed by atoms with E-state index in [0.29, 0.717) is 27.8 Å². The quantitative estimate of drug-likeness (QED) is 0.808. The maximum absolute atomic E-state index is 12.6. The van der Waals surface area contributed by atoms with E-state index in [4.69, 9.17) is 12.2 Å². The fourth-order valence-electron chi connectivity index (χ4n) is 3.43. The number of nitrogens with one attached hydrogen (secondary N) is 2. The molecule has 25 heavy (non-hydrogen) atoms. The van der Waals surface area contributed by atoms with Crippen molar-refractivity contribution >= 4 is 29.0 Å². The van der Waals surface area contributed by atoms with Gasteiger partial charge in [0.1, 0.15) is 0 Å². The zero-order chi connectivity index (χ0) is 19.0. The van der Waals surface area contributed by atoms with Crippen LogP contribution in [-0.2, 0) is 6.54 Å². The molecule has 0 aliphatic heterocycles.